The van der Waals surface area contributed by atoms with E-state index in [2.05, 4.69) is 9.97 Å². The van der Waals surface area contributed by atoms with Crippen LogP contribution in [0.2, 0.25) is 0 Å². The number of hydrogen-bond donors (Lipinski definition) is 2. The van der Waals surface area contributed by atoms with Gasteiger partial charge in [0.15, 0.2) is 0 Å². The standard InChI is InChI=1S/C17H19F3N4O2/c18-17(19,20)14-9-24(16(25)23-14)8-10-1-4-12-13(7-10)22-15(21-12)5-6-26-11-2-3-11/h1,4,7,11,14H,2-3,5-6,8-9H2,(H,21,22)(H,23,25). The van der Waals surface area contributed by atoms with Gasteiger partial charge < -0.3 is 19.9 Å². The number of ether oxygens (including phenoxy) is 1. The summed E-state index contributed by atoms with van der Waals surface area (Å²) in [6, 6.07) is 2.89. The number of aromatic nitrogens is 2. The van der Waals surface area contributed by atoms with Crippen LogP contribution in [0, 0.1) is 0 Å². The molecule has 2 fully saturated rings. The van der Waals surface area contributed by atoms with Crippen LogP contribution in [0.3, 0.4) is 0 Å². The largest absolute Gasteiger partial charge is 0.410 e. The minimum Gasteiger partial charge on any atom is -0.378 e. The van der Waals surface area contributed by atoms with Crippen LogP contribution in [0.5, 0.6) is 0 Å². The van der Waals surface area contributed by atoms with Crippen molar-refractivity contribution < 1.29 is 22.7 Å². The topological polar surface area (TPSA) is 70.2 Å². The van der Waals surface area contributed by atoms with Crippen LogP contribution in [0.4, 0.5) is 18.0 Å². The van der Waals surface area contributed by atoms with Crippen LogP contribution < -0.4 is 5.32 Å². The lowest BCUT2D eigenvalue weighted by Crippen LogP contribution is -2.40. The maximum atomic E-state index is 12.7. The molecule has 1 atom stereocenters. The lowest BCUT2D eigenvalue weighted by Gasteiger charge is -2.16. The van der Waals surface area contributed by atoms with Gasteiger partial charge in [-0.1, -0.05) is 6.07 Å². The molecule has 1 aliphatic carbocycles. The van der Waals surface area contributed by atoms with Crippen LogP contribution in [-0.2, 0) is 17.7 Å². The van der Waals surface area contributed by atoms with Gasteiger partial charge in [-0.15, -0.1) is 0 Å². The summed E-state index contributed by atoms with van der Waals surface area (Å²) in [6.07, 6.45) is -1.10. The average molecular weight is 368 g/mol. The Bertz CT molecular complexity index is 816. The zero-order valence-corrected chi connectivity index (χ0v) is 14.0. The summed E-state index contributed by atoms with van der Waals surface area (Å²) in [4.78, 5) is 20.6. The van der Waals surface area contributed by atoms with Crippen molar-refractivity contribution >= 4 is 17.1 Å². The number of imidazole rings is 1. The molecule has 6 nitrogen and oxygen atoms in total. The Morgan fingerprint density at radius 1 is 1.31 bits per heavy atom. The van der Waals surface area contributed by atoms with E-state index in [0.717, 1.165) is 35.3 Å². The van der Waals surface area contributed by atoms with Gasteiger partial charge in [0, 0.05) is 13.0 Å². The molecule has 0 radical (unpaired) electrons. The number of alkyl halides is 3. The van der Waals surface area contributed by atoms with Gasteiger partial charge in [0.25, 0.3) is 0 Å². The number of benzene rings is 1. The molecule has 2 N–H and O–H groups in total. The highest BCUT2D eigenvalue weighted by atomic mass is 19.4. The fourth-order valence-corrected chi connectivity index (χ4v) is 3.01. The zero-order valence-electron chi connectivity index (χ0n) is 14.0. The van der Waals surface area contributed by atoms with Gasteiger partial charge in [-0.05, 0) is 30.5 Å². The monoisotopic (exact) mass is 368 g/mol. The van der Waals surface area contributed by atoms with E-state index in [1.807, 2.05) is 17.4 Å². The molecule has 1 saturated heterocycles. The highest BCUT2D eigenvalue weighted by molar-refractivity contribution is 5.78. The van der Waals surface area contributed by atoms with Crippen molar-refractivity contribution in [2.75, 3.05) is 13.2 Å². The first kappa shape index (κ1) is 17.1. The van der Waals surface area contributed by atoms with Crippen molar-refractivity contribution in [3.05, 3.63) is 29.6 Å². The molecular formula is C17H19F3N4O2. The smallest absolute Gasteiger partial charge is 0.378 e. The summed E-state index contributed by atoms with van der Waals surface area (Å²) in [6.45, 7) is 0.352. The Hall–Kier alpha value is -2.29. The summed E-state index contributed by atoms with van der Waals surface area (Å²) in [7, 11) is 0. The van der Waals surface area contributed by atoms with Crippen molar-refractivity contribution in [1.82, 2.24) is 20.2 Å². The number of rotatable bonds is 6. The number of nitrogens with one attached hydrogen (secondary N) is 2. The van der Waals surface area contributed by atoms with Crippen LogP contribution in [0.25, 0.3) is 11.0 Å². The maximum Gasteiger partial charge on any atom is 0.410 e. The first-order chi connectivity index (χ1) is 12.4. The van der Waals surface area contributed by atoms with Gasteiger partial charge in [-0.25, -0.2) is 9.78 Å². The summed E-state index contributed by atoms with van der Waals surface area (Å²) >= 11 is 0. The zero-order chi connectivity index (χ0) is 18.3. The molecule has 1 aromatic heterocycles. The van der Waals surface area contributed by atoms with Crippen molar-refractivity contribution in [2.45, 2.75) is 44.1 Å². The molecular weight excluding hydrogens is 349 g/mol. The van der Waals surface area contributed by atoms with E-state index in [4.69, 9.17) is 4.74 Å². The third-order valence-corrected chi connectivity index (χ3v) is 4.57. The predicted molar refractivity (Wildman–Crippen MR) is 87.6 cm³/mol. The number of urea groups is 1. The molecule has 2 heterocycles. The SMILES string of the molecule is O=C1NC(C(F)(F)F)CN1Cc1ccc2nc(CCOC3CC3)[nH]c2c1. The number of halogens is 3. The van der Waals surface area contributed by atoms with E-state index in [1.54, 1.807) is 6.07 Å². The molecule has 1 unspecified atom stereocenters. The van der Waals surface area contributed by atoms with Crippen molar-refractivity contribution in [3.8, 4) is 0 Å². The van der Waals surface area contributed by atoms with Crippen LogP contribution in [0.15, 0.2) is 18.2 Å². The second-order valence-electron chi connectivity index (χ2n) is 6.78. The predicted octanol–water partition coefficient (Wildman–Crippen LogP) is 2.74. The number of hydrogen-bond acceptors (Lipinski definition) is 3. The summed E-state index contributed by atoms with van der Waals surface area (Å²) in [5.74, 6) is 0.814. The molecule has 2 aromatic rings. The van der Waals surface area contributed by atoms with Crippen molar-refractivity contribution in [1.29, 1.82) is 0 Å². The van der Waals surface area contributed by atoms with Gasteiger partial charge >= 0.3 is 12.2 Å². The summed E-state index contributed by atoms with van der Waals surface area (Å²) < 4.78 is 43.9. The van der Waals surface area contributed by atoms with Gasteiger partial charge in [-0.2, -0.15) is 13.2 Å². The highest BCUT2D eigenvalue weighted by Gasteiger charge is 2.46. The molecule has 1 aromatic carbocycles. The van der Waals surface area contributed by atoms with E-state index < -0.39 is 18.2 Å². The molecule has 0 bridgehead atoms. The van der Waals surface area contributed by atoms with Gasteiger partial charge in [-0.3, -0.25) is 0 Å². The Balaban J connectivity index is 1.41. The van der Waals surface area contributed by atoms with E-state index in [9.17, 15) is 18.0 Å². The van der Waals surface area contributed by atoms with Gasteiger partial charge in [0.05, 0.1) is 30.3 Å². The number of H-pyrrole nitrogens is 1. The molecule has 140 valence electrons. The third kappa shape index (κ3) is 3.77. The molecule has 26 heavy (non-hydrogen) atoms. The molecule has 2 aliphatic rings. The minimum absolute atomic E-state index is 0.119. The number of nitrogens with zero attached hydrogens (tertiary/aromatic N) is 2. The lowest BCUT2D eigenvalue weighted by atomic mass is 10.2. The van der Waals surface area contributed by atoms with Crippen LogP contribution in [0.1, 0.15) is 24.2 Å². The number of fused-ring (bicyclic) bond motifs is 1. The molecule has 4 rings (SSSR count). The normalized spacial score (nSPS) is 20.8. The second kappa shape index (κ2) is 6.46. The van der Waals surface area contributed by atoms with Crippen LogP contribution in [-0.4, -0.2) is 52.4 Å². The highest BCUT2D eigenvalue weighted by Crippen LogP contribution is 2.26. The Morgan fingerprint density at radius 2 is 2.12 bits per heavy atom. The molecule has 9 heteroatoms. The number of carbonyl (C=O) groups is 1. The fourth-order valence-electron chi connectivity index (χ4n) is 3.01. The van der Waals surface area contributed by atoms with E-state index in [0.29, 0.717) is 19.1 Å². The quantitative estimate of drug-likeness (QED) is 0.824. The fraction of sp³-hybridized carbons (Fsp3) is 0.529. The molecule has 2 amide bonds. The molecule has 0 spiro atoms. The Labute approximate surface area is 147 Å². The Morgan fingerprint density at radius 3 is 2.81 bits per heavy atom. The Kier molecular flexibility index (Phi) is 4.26. The number of aromatic amines is 1. The maximum absolute atomic E-state index is 12.7. The minimum atomic E-state index is -4.44. The van der Waals surface area contributed by atoms with E-state index in [1.165, 1.54) is 4.90 Å². The number of carbonyl (C=O) groups excluding carboxylic acids is 1. The van der Waals surface area contributed by atoms with Gasteiger partial charge in [0.2, 0.25) is 0 Å². The average Bonchev–Trinajstić information content (AvgIpc) is 3.18. The third-order valence-electron chi connectivity index (χ3n) is 4.57. The summed E-state index contributed by atoms with van der Waals surface area (Å²) in [5.41, 5.74) is 2.34. The van der Waals surface area contributed by atoms with Crippen molar-refractivity contribution in [3.63, 3.8) is 0 Å². The van der Waals surface area contributed by atoms with Crippen LogP contribution >= 0.6 is 0 Å². The van der Waals surface area contributed by atoms with E-state index >= 15 is 0 Å². The van der Waals surface area contributed by atoms with Crippen molar-refractivity contribution in [2.24, 2.45) is 0 Å². The lowest BCUT2D eigenvalue weighted by molar-refractivity contribution is -0.149. The number of amides is 2. The first-order valence-electron chi connectivity index (χ1n) is 8.60. The van der Waals surface area contributed by atoms with Gasteiger partial charge in [0.1, 0.15) is 11.9 Å². The molecule has 1 saturated carbocycles. The molecule has 1 aliphatic heterocycles. The van der Waals surface area contributed by atoms with E-state index in [-0.39, 0.29) is 13.1 Å². The summed E-state index contributed by atoms with van der Waals surface area (Å²) in [5, 5.41) is 1.97. The first-order valence-corrected chi connectivity index (χ1v) is 8.60. The second-order valence-corrected chi connectivity index (χ2v) is 6.78.